The van der Waals surface area contributed by atoms with Crippen LogP contribution in [0.1, 0.15) is 47.0 Å². The van der Waals surface area contributed by atoms with Crippen molar-refractivity contribution in [3.8, 4) is 0 Å². The molecule has 0 fully saturated rings. The van der Waals surface area contributed by atoms with Gasteiger partial charge in [0.2, 0.25) is 0 Å². The van der Waals surface area contributed by atoms with Gasteiger partial charge in [-0.25, -0.2) is 0 Å². The third-order valence-corrected chi connectivity index (χ3v) is 15.7. The van der Waals surface area contributed by atoms with Crippen LogP contribution >= 0.6 is 22.6 Å². The summed E-state index contributed by atoms with van der Waals surface area (Å²) in [6, 6.07) is 0. The molecule has 0 aromatic carbocycles. The normalized spacial score (nSPS) is 16.4. The Kier molecular flexibility index (Phi) is 8.27. The molecular formula is C16H35IOSi2. The zero-order chi connectivity index (χ0) is 16.2. The van der Waals surface area contributed by atoms with Gasteiger partial charge in [0.25, 0.3) is 0 Å². The van der Waals surface area contributed by atoms with Gasteiger partial charge in [-0.3, -0.25) is 0 Å². The van der Waals surface area contributed by atoms with E-state index in [-0.39, 0.29) is 0 Å². The third kappa shape index (κ3) is 7.75. The van der Waals surface area contributed by atoms with E-state index in [0.29, 0.717) is 11.1 Å². The van der Waals surface area contributed by atoms with Gasteiger partial charge in [-0.2, -0.15) is 0 Å². The summed E-state index contributed by atoms with van der Waals surface area (Å²) in [7, 11) is -2.67. The van der Waals surface area contributed by atoms with Gasteiger partial charge in [0.05, 0.1) is 8.07 Å². The molecule has 0 saturated carbocycles. The Balaban J connectivity index is 4.18. The van der Waals surface area contributed by atoms with Crippen LogP contribution < -0.4 is 0 Å². The Labute approximate surface area is 143 Å². The molecule has 1 atom stereocenters. The Bertz CT molecular complexity index is 324. The average Bonchev–Trinajstić information content (AvgIpc) is 2.20. The quantitative estimate of drug-likeness (QED) is 0.248. The highest BCUT2D eigenvalue weighted by atomic mass is 127. The molecule has 0 spiro atoms. The van der Waals surface area contributed by atoms with E-state index in [1.54, 1.807) is 3.20 Å². The molecule has 1 nitrogen and oxygen atoms in total. The summed E-state index contributed by atoms with van der Waals surface area (Å²) in [5.74, 6) is 0. The van der Waals surface area contributed by atoms with Crippen LogP contribution in [0.5, 0.6) is 0 Å². The number of allylic oxidation sites excluding steroid dienone is 1. The zero-order valence-electron chi connectivity index (χ0n) is 15.1. The van der Waals surface area contributed by atoms with Crippen LogP contribution in [0.4, 0.5) is 0 Å². The summed E-state index contributed by atoms with van der Waals surface area (Å²) in [6.45, 7) is 21.1. The number of hydrogen-bond acceptors (Lipinski definition) is 1. The fourth-order valence-corrected chi connectivity index (χ4v) is 4.22. The van der Waals surface area contributed by atoms with E-state index < -0.39 is 16.4 Å². The minimum Gasteiger partial charge on any atom is -0.414 e. The van der Waals surface area contributed by atoms with Crippen molar-refractivity contribution in [1.29, 1.82) is 0 Å². The molecule has 0 bridgehead atoms. The fraction of sp³-hybridized carbons (Fsp3) is 0.875. The van der Waals surface area contributed by atoms with E-state index in [1.807, 2.05) is 0 Å². The second-order valence-corrected chi connectivity index (χ2v) is 20.4. The second-order valence-electron chi connectivity index (χ2n) is 8.42. The molecule has 0 aliphatic rings. The molecular weight excluding hydrogens is 391 g/mol. The summed E-state index contributed by atoms with van der Waals surface area (Å²) in [5.41, 5.74) is 0. The zero-order valence-corrected chi connectivity index (χ0v) is 19.2. The fourth-order valence-electron chi connectivity index (χ4n) is 1.68. The molecule has 0 aliphatic heterocycles. The maximum atomic E-state index is 6.40. The summed E-state index contributed by atoms with van der Waals surface area (Å²) in [4.78, 5) is 0. The van der Waals surface area contributed by atoms with Crippen LogP contribution in [-0.4, -0.2) is 22.5 Å². The smallest absolute Gasteiger partial charge is 0.192 e. The molecule has 0 aromatic rings. The van der Waals surface area contributed by atoms with E-state index >= 15 is 0 Å². The van der Waals surface area contributed by atoms with E-state index in [2.05, 4.69) is 89.1 Å². The molecule has 0 rings (SSSR count). The van der Waals surface area contributed by atoms with Gasteiger partial charge in [-0.1, -0.05) is 69.1 Å². The van der Waals surface area contributed by atoms with E-state index in [0.717, 1.165) is 0 Å². The molecule has 120 valence electrons. The molecule has 0 heterocycles. The lowest BCUT2D eigenvalue weighted by atomic mass is 10.2. The van der Waals surface area contributed by atoms with Crippen LogP contribution in [-0.2, 0) is 4.43 Å². The number of hydrogen-bond donors (Lipinski definition) is 0. The molecule has 0 saturated heterocycles. The van der Waals surface area contributed by atoms with Gasteiger partial charge in [0, 0.05) is 6.10 Å². The molecule has 0 radical (unpaired) electrons. The SMILES string of the molecule is C[C@@H](CCC/C=C(/I)[Si](C)(C)C)O[Si](C)(C)C(C)(C)C. The highest BCUT2D eigenvalue weighted by molar-refractivity contribution is 14.1. The first-order valence-corrected chi connectivity index (χ1v) is 15.3. The van der Waals surface area contributed by atoms with Gasteiger partial charge < -0.3 is 4.43 Å². The van der Waals surface area contributed by atoms with Gasteiger partial charge >= 0.3 is 0 Å². The summed E-state index contributed by atoms with van der Waals surface area (Å²) >= 11 is 2.54. The van der Waals surface area contributed by atoms with Crippen molar-refractivity contribution >= 4 is 39.0 Å². The molecule has 0 aromatic heterocycles. The van der Waals surface area contributed by atoms with Gasteiger partial charge in [0.15, 0.2) is 8.32 Å². The van der Waals surface area contributed by atoms with E-state index in [1.165, 1.54) is 19.3 Å². The van der Waals surface area contributed by atoms with Gasteiger partial charge in [-0.15, -0.1) is 0 Å². The molecule has 0 N–H and O–H groups in total. The van der Waals surface area contributed by atoms with Crippen molar-refractivity contribution in [3.63, 3.8) is 0 Å². The summed E-state index contributed by atoms with van der Waals surface area (Å²) in [6.07, 6.45) is 6.47. The average molecular weight is 427 g/mol. The highest BCUT2D eigenvalue weighted by Gasteiger charge is 2.38. The van der Waals surface area contributed by atoms with Crippen LogP contribution in [0.3, 0.4) is 0 Å². The van der Waals surface area contributed by atoms with Gasteiger partial charge in [0.1, 0.15) is 0 Å². The van der Waals surface area contributed by atoms with Gasteiger partial charge in [-0.05, 0) is 47.5 Å². The number of unbranched alkanes of at least 4 members (excludes halogenated alkanes) is 1. The van der Waals surface area contributed by atoms with E-state index in [4.69, 9.17) is 4.43 Å². The van der Waals surface area contributed by atoms with Crippen LogP contribution in [0.25, 0.3) is 0 Å². The molecule has 20 heavy (non-hydrogen) atoms. The Hall–Kier alpha value is 0.864. The van der Waals surface area contributed by atoms with Crippen molar-refractivity contribution in [2.45, 2.75) is 90.8 Å². The monoisotopic (exact) mass is 426 g/mol. The first kappa shape index (κ1) is 20.9. The Morgan fingerprint density at radius 2 is 1.65 bits per heavy atom. The lowest BCUT2D eigenvalue weighted by molar-refractivity contribution is 0.187. The maximum absolute atomic E-state index is 6.40. The van der Waals surface area contributed by atoms with Crippen LogP contribution in [0, 0.1) is 0 Å². The lowest BCUT2D eigenvalue weighted by Gasteiger charge is -2.38. The molecule has 0 aliphatic carbocycles. The molecule has 4 heteroatoms. The first-order valence-electron chi connectivity index (χ1n) is 7.81. The number of halogens is 1. The van der Waals surface area contributed by atoms with Crippen LogP contribution in [0.2, 0.25) is 37.8 Å². The van der Waals surface area contributed by atoms with Crippen molar-refractivity contribution in [3.05, 3.63) is 9.28 Å². The number of rotatable bonds is 7. The molecule has 0 amide bonds. The minimum atomic E-state index is -1.59. The van der Waals surface area contributed by atoms with Crippen LogP contribution in [0.15, 0.2) is 9.28 Å². The standard InChI is InChI=1S/C16H35IOSi2/c1-14(18-20(8,9)16(2,3)4)12-10-11-13-15(17)19(5,6)7/h13-14H,10-12H2,1-9H3/b15-13-/t14-/m0/s1. The topological polar surface area (TPSA) is 9.23 Å². The van der Waals surface area contributed by atoms with Crippen molar-refractivity contribution in [1.82, 2.24) is 0 Å². The highest BCUT2D eigenvalue weighted by Crippen LogP contribution is 2.37. The largest absolute Gasteiger partial charge is 0.414 e. The lowest BCUT2D eigenvalue weighted by Crippen LogP contribution is -2.43. The van der Waals surface area contributed by atoms with Crippen molar-refractivity contribution < 1.29 is 4.43 Å². The second kappa shape index (κ2) is 7.93. The molecule has 0 unspecified atom stereocenters. The van der Waals surface area contributed by atoms with Crippen molar-refractivity contribution in [2.24, 2.45) is 0 Å². The minimum absolute atomic E-state index is 0.314. The third-order valence-electron chi connectivity index (χ3n) is 4.16. The maximum Gasteiger partial charge on any atom is 0.192 e. The van der Waals surface area contributed by atoms with E-state index in [9.17, 15) is 0 Å². The first-order chi connectivity index (χ1) is 8.77. The Morgan fingerprint density at radius 1 is 1.15 bits per heavy atom. The summed E-state index contributed by atoms with van der Waals surface area (Å²) in [5, 5.41) is 0.314. The predicted molar refractivity (Wildman–Crippen MR) is 107 cm³/mol. The summed E-state index contributed by atoms with van der Waals surface area (Å²) < 4.78 is 8.01. The Morgan fingerprint density at radius 3 is 2.05 bits per heavy atom. The van der Waals surface area contributed by atoms with Crippen molar-refractivity contribution in [2.75, 3.05) is 0 Å². The predicted octanol–water partition coefficient (Wildman–Crippen LogP) is 6.76.